The third-order valence-electron chi connectivity index (χ3n) is 3.92. The molecule has 1 saturated carbocycles. The van der Waals surface area contributed by atoms with Gasteiger partial charge in [-0.05, 0) is 37.5 Å². The Morgan fingerprint density at radius 2 is 2.12 bits per heavy atom. The van der Waals surface area contributed by atoms with Crippen LogP contribution in [0.2, 0.25) is 0 Å². The summed E-state index contributed by atoms with van der Waals surface area (Å²) in [4.78, 5) is 0. The van der Waals surface area contributed by atoms with Gasteiger partial charge in [-0.1, -0.05) is 25.4 Å². The van der Waals surface area contributed by atoms with E-state index in [1.165, 1.54) is 25.7 Å². The second-order valence-electron chi connectivity index (χ2n) is 5.80. The maximum absolute atomic E-state index is 8.60. The van der Waals surface area contributed by atoms with Crippen molar-refractivity contribution in [2.75, 3.05) is 6.54 Å². The highest BCUT2D eigenvalue weighted by molar-refractivity contribution is 5.80. The van der Waals surface area contributed by atoms with E-state index >= 15 is 0 Å². The van der Waals surface area contributed by atoms with Crippen LogP contribution in [0.4, 0.5) is 0 Å². The quantitative estimate of drug-likeness (QED) is 0.264. The Balaban J connectivity index is 2.26. The summed E-state index contributed by atoms with van der Waals surface area (Å²) in [5.41, 5.74) is 5.84. The zero-order valence-corrected chi connectivity index (χ0v) is 11.4. The third kappa shape index (κ3) is 4.94. The molecule has 2 atom stereocenters. The first-order chi connectivity index (χ1) is 8.01. The smallest absolute Gasteiger partial charge is 0.139 e. The van der Waals surface area contributed by atoms with E-state index < -0.39 is 0 Å². The lowest BCUT2D eigenvalue weighted by Crippen LogP contribution is -2.35. The molecule has 0 amide bonds. The molecule has 0 radical (unpaired) electrons. The average Bonchev–Trinajstić information content (AvgIpc) is 3.06. The highest BCUT2D eigenvalue weighted by Crippen LogP contribution is 2.48. The Hall–Kier alpha value is -0.770. The normalized spacial score (nSPS) is 22.2. The molecule has 4 heteroatoms. The molecule has 1 aliphatic carbocycles. The van der Waals surface area contributed by atoms with Gasteiger partial charge < -0.3 is 16.3 Å². The molecule has 1 aliphatic rings. The Kier molecular flexibility index (Phi) is 5.25. The number of hydrogen-bond donors (Lipinski definition) is 3. The van der Waals surface area contributed by atoms with Crippen molar-refractivity contribution in [2.24, 2.45) is 22.2 Å². The standard InChI is InChI=1S/C13H27N3O/c1-4-10(2)7-11(3)15-9-13(5-6-13)8-12(14)16-17/h10-11,15,17H,4-9H2,1-3H3,(H2,14,16). The first-order valence-corrected chi connectivity index (χ1v) is 6.71. The third-order valence-corrected chi connectivity index (χ3v) is 3.92. The van der Waals surface area contributed by atoms with Gasteiger partial charge in [0.15, 0.2) is 0 Å². The second kappa shape index (κ2) is 6.24. The maximum atomic E-state index is 8.60. The molecule has 0 aromatic carbocycles. The number of amidine groups is 1. The fraction of sp³-hybridized carbons (Fsp3) is 0.923. The fourth-order valence-electron chi connectivity index (χ4n) is 2.26. The van der Waals surface area contributed by atoms with Gasteiger partial charge in [0.25, 0.3) is 0 Å². The molecule has 100 valence electrons. The van der Waals surface area contributed by atoms with E-state index in [1.807, 2.05) is 0 Å². The summed E-state index contributed by atoms with van der Waals surface area (Å²) in [6.07, 6.45) is 5.54. The maximum Gasteiger partial charge on any atom is 0.139 e. The Bertz CT molecular complexity index is 261. The molecule has 1 fully saturated rings. The summed E-state index contributed by atoms with van der Waals surface area (Å²) in [5, 5.41) is 15.3. The fourth-order valence-corrected chi connectivity index (χ4v) is 2.26. The van der Waals surface area contributed by atoms with Gasteiger partial charge in [-0.2, -0.15) is 0 Å². The summed E-state index contributed by atoms with van der Waals surface area (Å²) in [5.74, 6) is 1.13. The zero-order chi connectivity index (χ0) is 12.9. The van der Waals surface area contributed by atoms with Crippen LogP contribution in [0.3, 0.4) is 0 Å². The lowest BCUT2D eigenvalue weighted by molar-refractivity contribution is 0.313. The minimum Gasteiger partial charge on any atom is -0.409 e. The second-order valence-corrected chi connectivity index (χ2v) is 5.80. The first kappa shape index (κ1) is 14.3. The molecule has 4 nitrogen and oxygen atoms in total. The largest absolute Gasteiger partial charge is 0.409 e. The highest BCUT2D eigenvalue weighted by Gasteiger charge is 2.43. The van der Waals surface area contributed by atoms with Crippen LogP contribution in [0, 0.1) is 11.3 Å². The van der Waals surface area contributed by atoms with Crippen molar-refractivity contribution < 1.29 is 5.21 Å². The molecule has 0 spiro atoms. The van der Waals surface area contributed by atoms with Crippen LogP contribution in [0.1, 0.15) is 52.9 Å². The molecule has 0 bridgehead atoms. The van der Waals surface area contributed by atoms with Crippen LogP contribution in [0.15, 0.2) is 5.16 Å². The van der Waals surface area contributed by atoms with Crippen LogP contribution < -0.4 is 11.1 Å². The van der Waals surface area contributed by atoms with Gasteiger partial charge in [0, 0.05) is 19.0 Å². The van der Waals surface area contributed by atoms with E-state index in [0.29, 0.717) is 18.3 Å². The van der Waals surface area contributed by atoms with Crippen LogP contribution >= 0.6 is 0 Å². The molecule has 0 saturated heterocycles. The molecule has 1 rings (SSSR count). The molecule has 2 unspecified atom stereocenters. The lowest BCUT2D eigenvalue weighted by atomic mass is 9.98. The van der Waals surface area contributed by atoms with E-state index in [2.05, 4.69) is 31.2 Å². The Morgan fingerprint density at radius 3 is 2.59 bits per heavy atom. The summed E-state index contributed by atoms with van der Waals surface area (Å²) in [6.45, 7) is 7.76. The molecule has 0 heterocycles. The first-order valence-electron chi connectivity index (χ1n) is 6.71. The average molecular weight is 241 g/mol. The molecule has 0 aromatic heterocycles. The van der Waals surface area contributed by atoms with E-state index in [4.69, 9.17) is 10.9 Å². The van der Waals surface area contributed by atoms with Crippen molar-refractivity contribution in [1.29, 1.82) is 0 Å². The van der Waals surface area contributed by atoms with E-state index in [9.17, 15) is 0 Å². The van der Waals surface area contributed by atoms with Crippen LogP contribution in [0.5, 0.6) is 0 Å². The number of hydrogen-bond acceptors (Lipinski definition) is 3. The summed E-state index contributed by atoms with van der Waals surface area (Å²) in [7, 11) is 0. The van der Waals surface area contributed by atoms with E-state index in [-0.39, 0.29) is 5.41 Å². The van der Waals surface area contributed by atoms with Crippen molar-refractivity contribution in [3.63, 3.8) is 0 Å². The SMILES string of the molecule is CCC(C)CC(C)NCC1(CC(N)=NO)CC1. The van der Waals surface area contributed by atoms with Crippen LogP contribution in [0.25, 0.3) is 0 Å². The predicted octanol–water partition coefficient (Wildman–Crippen LogP) is 2.32. The number of rotatable bonds is 8. The van der Waals surface area contributed by atoms with Gasteiger partial charge >= 0.3 is 0 Å². The topological polar surface area (TPSA) is 70.6 Å². The number of nitrogens with two attached hydrogens (primary N) is 1. The van der Waals surface area contributed by atoms with Crippen molar-refractivity contribution in [1.82, 2.24) is 5.32 Å². The zero-order valence-electron chi connectivity index (χ0n) is 11.4. The minimum atomic E-state index is 0.264. The molecule has 0 aliphatic heterocycles. The number of nitrogens with zero attached hydrogens (tertiary/aromatic N) is 1. The molecule has 0 aromatic rings. The number of oxime groups is 1. The molecular weight excluding hydrogens is 214 g/mol. The van der Waals surface area contributed by atoms with Crippen molar-refractivity contribution in [2.45, 2.75) is 58.9 Å². The minimum absolute atomic E-state index is 0.264. The van der Waals surface area contributed by atoms with Gasteiger partial charge in [0.1, 0.15) is 5.84 Å². The van der Waals surface area contributed by atoms with Crippen LogP contribution in [-0.2, 0) is 0 Å². The van der Waals surface area contributed by atoms with Gasteiger partial charge in [-0.15, -0.1) is 0 Å². The highest BCUT2D eigenvalue weighted by atomic mass is 16.4. The van der Waals surface area contributed by atoms with Gasteiger partial charge in [-0.3, -0.25) is 0 Å². The lowest BCUT2D eigenvalue weighted by Gasteiger charge is -2.21. The number of nitrogens with one attached hydrogen (secondary N) is 1. The van der Waals surface area contributed by atoms with Crippen LogP contribution in [-0.4, -0.2) is 23.6 Å². The van der Waals surface area contributed by atoms with Gasteiger partial charge in [-0.25, -0.2) is 0 Å². The summed E-state index contributed by atoms with van der Waals surface area (Å²) >= 11 is 0. The molecular formula is C13H27N3O. The van der Waals surface area contributed by atoms with Gasteiger partial charge in [0.05, 0.1) is 0 Å². The van der Waals surface area contributed by atoms with Crippen molar-refractivity contribution in [3.8, 4) is 0 Å². The van der Waals surface area contributed by atoms with Crippen molar-refractivity contribution >= 4 is 5.84 Å². The van der Waals surface area contributed by atoms with Crippen molar-refractivity contribution in [3.05, 3.63) is 0 Å². The Labute approximate surface area is 105 Å². The summed E-state index contributed by atoms with van der Waals surface area (Å²) < 4.78 is 0. The monoisotopic (exact) mass is 241 g/mol. The Morgan fingerprint density at radius 1 is 1.47 bits per heavy atom. The van der Waals surface area contributed by atoms with E-state index in [0.717, 1.165) is 12.5 Å². The van der Waals surface area contributed by atoms with Gasteiger partial charge in [0.2, 0.25) is 0 Å². The predicted molar refractivity (Wildman–Crippen MR) is 71.2 cm³/mol. The summed E-state index contributed by atoms with van der Waals surface area (Å²) in [6, 6.07) is 0.551. The van der Waals surface area contributed by atoms with E-state index in [1.54, 1.807) is 0 Å². The molecule has 17 heavy (non-hydrogen) atoms. The molecule has 4 N–H and O–H groups in total.